The Hall–Kier alpha value is -6.08. The number of rotatable bonds is 24. The van der Waals surface area contributed by atoms with E-state index in [0.29, 0.717) is 134 Å². The minimum Gasteiger partial charge on any atom is -0.493 e. The zero-order chi connectivity index (χ0) is 46.6. The molecule has 7 rings (SSSR count). The van der Waals surface area contributed by atoms with Crippen molar-refractivity contribution in [3.8, 4) is 28.7 Å². The summed E-state index contributed by atoms with van der Waals surface area (Å²) in [6.07, 6.45) is 7.25. The van der Waals surface area contributed by atoms with E-state index in [1.165, 1.54) is 19.8 Å². The Labute approximate surface area is 385 Å². The number of aliphatic imine (C=N–C) groups is 2. The predicted octanol–water partition coefficient (Wildman–Crippen LogP) is 5.54. The van der Waals surface area contributed by atoms with Crippen molar-refractivity contribution in [2.24, 2.45) is 15.9 Å². The number of hydrogen-bond donors (Lipinski definition) is 1. The molecule has 4 aliphatic heterocycles. The topological polar surface area (TPSA) is 193 Å². The number of ether oxygens (including phenoxy) is 8. The maximum Gasteiger partial charge on any atom is 0.304 e. The lowest BCUT2D eigenvalue weighted by molar-refractivity contribution is -0.137. The number of aliphatic carboxylic acids is 1. The van der Waals surface area contributed by atoms with Crippen LogP contribution in [0.1, 0.15) is 65.2 Å². The normalized spacial score (nSPS) is 19.1. The Morgan fingerprint density at radius 2 is 1.33 bits per heavy atom. The number of hydrogen-bond acceptors (Lipinski definition) is 15. The number of carbonyl (C=O) groups excluding carboxylic acids is 2. The highest BCUT2D eigenvalue weighted by Gasteiger charge is 2.37. The van der Waals surface area contributed by atoms with Crippen molar-refractivity contribution in [1.29, 1.82) is 0 Å². The Morgan fingerprint density at radius 3 is 1.94 bits per heavy atom. The van der Waals surface area contributed by atoms with Gasteiger partial charge in [-0.25, -0.2) is 0 Å². The molecule has 2 aromatic carbocycles. The Bertz CT molecular complexity index is 2300. The summed E-state index contributed by atoms with van der Waals surface area (Å²) in [4.78, 5) is 58.7. The molecule has 354 valence electrons. The standard InChI is InChI=1S/C48H60N6O12/c1-6-32-18-36-26-50-41-24-45(43(61-5)22-39(41)48(58)54(36)28-32)66-30-34-20-37(64-12-10-52(8-7-46(55)56)9-11-62-15-16-63-14-13-59-3)19-33(51-34)29-65-44-23-40-38(21-42(44)60-4)47(57)53-27-31(2)17-35(53)25-49-40/h6,19-26,31,35-36H,7-18,27-30H2,1-5H3,(H,55,56)/b32-6+/t31?,35?,36-/m0/s1. The van der Waals surface area contributed by atoms with Crippen LogP contribution in [-0.2, 0) is 32.2 Å². The summed E-state index contributed by atoms with van der Waals surface area (Å²) >= 11 is 0. The number of benzene rings is 2. The largest absolute Gasteiger partial charge is 0.493 e. The molecule has 2 fully saturated rings. The summed E-state index contributed by atoms with van der Waals surface area (Å²) in [5, 5.41) is 9.42. The van der Waals surface area contributed by atoms with Gasteiger partial charge in [0.2, 0.25) is 0 Å². The van der Waals surface area contributed by atoms with E-state index in [4.69, 9.17) is 52.9 Å². The van der Waals surface area contributed by atoms with Crippen molar-refractivity contribution >= 4 is 41.6 Å². The van der Waals surface area contributed by atoms with Crippen molar-refractivity contribution in [3.05, 3.63) is 70.6 Å². The quantitative estimate of drug-likeness (QED) is 0.0871. The molecule has 5 heterocycles. The van der Waals surface area contributed by atoms with E-state index in [2.05, 4.69) is 6.92 Å². The second-order valence-corrected chi connectivity index (χ2v) is 16.5. The molecular formula is C48H60N6O12. The highest BCUT2D eigenvalue weighted by atomic mass is 16.5. The van der Waals surface area contributed by atoms with Gasteiger partial charge in [-0.1, -0.05) is 18.6 Å². The molecule has 3 atom stereocenters. The predicted molar refractivity (Wildman–Crippen MR) is 245 cm³/mol. The van der Waals surface area contributed by atoms with Gasteiger partial charge in [0.15, 0.2) is 23.0 Å². The average Bonchev–Trinajstić information content (AvgIpc) is 3.86. The number of carboxylic acids is 1. The second kappa shape index (κ2) is 22.9. The van der Waals surface area contributed by atoms with E-state index < -0.39 is 5.97 Å². The van der Waals surface area contributed by atoms with Gasteiger partial charge in [0.05, 0.1) is 99.6 Å². The first kappa shape index (κ1) is 47.9. The minimum atomic E-state index is -0.899. The summed E-state index contributed by atoms with van der Waals surface area (Å²) in [5.41, 5.74) is 4.05. The maximum atomic E-state index is 13.7. The van der Waals surface area contributed by atoms with Crippen molar-refractivity contribution in [1.82, 2.24) is 19.7 Å². The van der Waals surface area contributed by atoms with Crippen LogP contribution in [0.2, 0.25) is 0 Å². The first-order chi connectivity index (χ1) is 32.1. The van der Waals surface area contributed by atoms with Gasteiger partial charge >= 0.3 is 5.97 Å². The molecule has 4 aliphatic rings. The maximum absolute atomic E-state index is 13.7. The van der Waals surface area contributed by atoms with Gasteiger partial charge in [0.25, 0.3) is 11.8 Å². The number of carboxylic acid groups (broad SMARTS) is 1. The number of pyridine rings is 1. The third-order valence-corrected chi connectivity index (χ3v) is 11.9. The molecule has 18 nitrogen and oxygen atoms in total. The molecule has 2 amide bonds. The van der Waals surface area contributed by atoms with Crippen molar-refractivity contribution in [3.63, 3.8) is 0 Å². The van der Waals surface area contributed by atoms with Gasteiger partial charge in [0.1, 0.15) is 25.6 Å². The lowest BCUT2D eigenvalue weighted by Crippen LogP contribution is -2.35. The number of aromatic nitrogens is 1. The Balaban J connectivity index is 1.08. The molecule has 2 unspecified atom stereocenters. The molecule has 1 aromatic heterocycles. The first-order valence-corrected chi connectivity index (χ1v) is 22.3. The highest BCUT2D eigenvalue weighted by Crippen LogP contribution is 2.41. The van der Waals surface area contributed by atoms with Crippen LogP contribution in [0.4, 0.5) is 11.4 Å². The van der Waals surface area contributed by atoms with Crippen molar-refractivity contribution in [2.75, 3.05) is 93.7 Å². The van der Waals surface area contributed by atoms with E-state index in [-0.39, 0.29) is 50.1 Å². The molecule has 3 aromatic rings. The third kappa shape index (κ3) is 12.0. The fourth-order valence-corrected chi connectivity index (χ4v) is 8.34. The molecule has 0 saturated carbocycles. The number of methoxy groups -OCH3 is 3. The van der Waals surface area contributed by atoms with Gasteiger partial charge in [-0.3, -0.25) is 34.3 Å². The molecule has 0 aliphatic carbocycles. The van der Waals surface area contributed by atoms with Crippen LogP contribution in [0.5, 0.6) is 28.7 Å². The second-order valence-electron chi connectivity index (χ2n) is 16.5. The van der Waals surface area contributed by atoms with E-state index in [9.17, 15) is 19.5 Å². The van der Waals surface area contributed by atoms with Gasteiger partial charge in [-0.2, -0.15) is 0 Å². The van der Waals surface area contributed by atoms with Crippen molar-refractivity contribution < 1.29 is 57.4 Å². The first-order valence-electron chi connectivity index (χ1n) is 22.3. The van der Waals surface area contributed by atoms with Crippen LogP contribution in [0.15, 0.2) is 58.0 Å². The van der Waals surface area contributed by atoms with Crippen LogP contribution in [0.3, 0.4) is 0 Å². The number of carbonyl (C=O) groups is 3. The zero-order valence-electron chi connectivity index (χ0n) is 38.4. The van der Waals surface area contributed by atoms with E-state index in [1.807, 2.05) is 40.1 Å². The van der Waals surface area contributed by atoms with E-state index >= 15 is 0 Å². The molecule has 0 radical (unpaired) electrons. The number of amides is 2. The summed E-state index contributed by atoms with van der Waals surface area (Å²) in [5.74, 6) is 1.25. The van der Waals surface area contributed by atoms with Gasteiger partial charge < -0.3 is 52.8 Å². The lowest BCUT2D eigenvalue weighted by atomic mass is 10.1. The van der Waals surface area contributed by atoms with Gasteiger partial charge in [0, 0.05) is 76.5 Å². The highest BCUT2D eigenvalue weighted by molar-refractivity contribution is 6.04. The molecule has 0 bridgehead atoms. The van der Waals surface area contributed by atoms with Crippen LogP contribution >= 0.6 is 0 Å². The third-order valence-electron chi connectivity index (χ3n) is 11.9. The van der Waals surface area contributed by atoms with E-state index in [0.717, 1.165) is 12.8 Å². The van der Waals surface area contributed by atoms with Crippen LogP contribution in [-0.4, -0.2) is 161 Å². The Morgan fingerprint density at radius 1 is 0.742 bits per heavy atom. The van der Waals surface area contributed by atoms with Gasteiger partial charge in [-0.15, -0.1) is 0 Å². The number of fused-ring (bicyclic) bond motifs is 4. The summed E-state index contributed by atoms with van der Waals surface area (Å²) in [6.45, 7) is 8.95. The van der Waals surface area contributed by atoms with Crippen LogP contribution in [0, 0.1) is 5.92 Å². The average molecular weight is 913 g/mol. The fourth-order valence-electron chi connectivity index (χ4n) is 8.34. The number of nitrogens with zero attached hydrogens (tertiary/aromatic N) is 6. The molecular weight excluding hydrogens is 853 g/mol. The van der Waals surface area contributed by atoms with Crippen LogP contribution < -0.4 is 23.7 Å². The summed E-state index contributed by atoms with van der Waals surface area (Å²) in [6, 6.07) is 10.1. The molecule has 0 spiro atoms. The van der Waals surface area contributed by atoms with E-state index in [1.54, 1.807) is 43.5 Å². The number of allylic oxidation sites excluding steroid dienone is 1. The van der Waals surface area contributed by atoms with Gasteiger partial charge in [-0.05, 0) is 37.8 Å². The smallest absolute Gasteiger partial charge is 0.304 e. The lowest BCUT2D eigenvalue weighted by Gasteiger charge is -2.22. The monoisotopic (exact) mass is 912 g/mol. The summed E-state index contributed by atoms with van der Waals surface area (Å²) in [7, 11) is 4.65. The molecule has 18 heteroatoms. The SMILES string of the molecule is C/C=C1\C[C@H]2C=Nc3cc(OCc4cc(OCCN(CCOCCOCCOC)CCC(=O)O)cc(COc5cc6c(cc5OC)C(=O)N5CC(C)CC5C=N6)n4)c(OC)cc3C(=O)N2C1. The summed E-state index contributed by atoms with van der Waals surface area (Å²) < 4.78 is 46.6. The van der Waals surface area contributed by atoms with Crippen LogP contribution in [0.25, 0.3) is 0 Å². The molecule has 1 N–H and O–H groups in total. The van der Waals surface area contributed by atoms with Crippen molar-refractivity contribution in [2.45, 2.75) is 58.4 Å². The minimum absolute atomic E-state index is 0.00781. The zero-order valence-corrected chi connectivity index (χ0v) is 38.4. The molecule has 2 saturated heterocycles. The Kier molecular flexibility index (Phi) is 16.6. The molecule has 66 heavy (non-hydrogen) atoms. The fraction of sp³-hybridized carbons (Fsp3) is 0.500.